The first kappa shape index (κ1) is 8.80. The van der Waals surface area contributed by atoms with Crippen molar-refractivity contribution >= 4 is 5.52 Å². The Bertz CT molecular complexity index is 573. The average Bonchev–Trinajstić information content (AvgIpc) is 2.51. The quantitative estimate of drug-likeness (QED) is 0.669. The third kappa shape index (κ3) is 1.09. The van der Waals surface area contributed by atoms with E-state index in [1.54, 1.807) is 18.3 Å². The van der Waals surface area contributed by atoms with Gasteiger partial charge in [0.15, 0.2) is 0 Å². The largest absolute Gasteiger partial charge is 0.437 e. The topological polar surface area (TPSA) is 56.6 Å². The van der Waals surface area contributed by atoms with Gasteiger partial charge in [-0.1, -0.05) is 0 Å². The zero-order chi connectivity index (χ0) is 10.3. The van der Waals surface area contributed by atoms with Gasteiger partial charge in [-0.15, -0.1) is 0 Å². The van der Waals surface area contributed by atoms with Crippen molar-refractivity contribution in [3.8, 4) is 0 Å². The summed E-state index contributed by atoms with van der Waals surface area (Å²) in [6.45, 7) is 3.70. The van der Waals surface area contributed by atoms with E-state index < -0.39 is 11.4 Å². The summed E-state index contributed by atoms with van der Waals surface area (Å²) in [6.07, 6.45) is 1.66. The van der Waals surface area contributed by atoms with Crippen LogP contribution in [0.1, 0.15) is 19.9 Å². The highest BCUT2D eigenvalue weighted by Crippen LogP contribution is 2.02. The summed E-state index contributed by atoms with van der Waals surface area (Å²) in [5, 5.41) is 0. The second-order valence-electron chi connectivity index (χ2n) is 3.33. The Morgan fingerprint density at radius 2 is 2.07 bits per heavy atom. The Balaban J connectivity index is 3.01. The predicted octanol–water partition coefficient (Wildman–Crippen LogP) is 0.635. The van der Waals surface area contributed by atoms with Crippen molar-refractivity contribution in [2.75, 3.05) is 0 Å². The minimum Gasteiger partial charge on any atom is -0.370 e. The van der Waals surface area contributed by atoms with Crippen molar-refractivity contribution in [1.82, 2.24) is 9.20 Å². The lowest BCUT2D eigenvalue weighted by Gasteiger charge is -2.10. The fraction of sp³-hybridized carbons (Fsp3) is 0.333. The molecule has 0 bridgehead atoms. The summed E-state index contributed by atoms with van der Waals surface area (Å²) in [7, 11) is 0. The van der Waals surface area contributed by atoms with Gasteiger partial charge in [0.2, 0.25) is 0 Å². The zero-order valence-electron chi connectivity index (χ0n) is 7.93. The van der Waals surface area contributed by atoms with Crippen LogP contribution in [0.25, 0.3) is 5.52 Å². The normalized spacial score (nSPS) is 11.4. The van der Waals surface area contributed by atoms with Crippen molar-refractivity contribution in [1.29, 1.82) is 0 Å². The highest BCUT2D eigenvalue weighted by atomic mass is 16.4. The molecule has 0 aromatic carbocycles. The maximum atomic E-state index is 11.4. The van der Waals surface area contributed by atoms with Crippen LogP contribution in [0.2, 0.25) is 0 Å². The van der Waals surface area contributed by atoms with Gasteiger partial charge in [-0.2, -0.15) is 0 Å². The van der Waals surface area contributed by atoms with Crippen molar-refractivity contribution < 1.29 is 4.42 Å². The van der Waals surface area contributed by atoms with Crippen LogP contribution in [0, 0.1) is 0 Å². The molecule has 0 unspecified atom stereocenters. The number of fused-ring (bicyclic) bond motifs is 1. The van der Waals surface area contributed by atoms with E-state index in [1.165, 1.54) is 9.20 Å². The monoisotopic (exact) mass is 194 g/mol. The predicted molar refractivity (Wildman–Crippen MR) is 50.6 cm³/mol. The summed E-state index contributed by atoms with van der Waals surface area (Å²) < 4.78 is 7.47. The maximum absolute atomic E-state index is 11.4. The van der Waals surface area contributed by atoms with Gasteiger partial charge in [-0.25, -0.2) is 18.8 Å². The Labute approximate surface area is 79.2 Å². The number of rotatable bonds is 1. The van der Waals surface area contributed by atoms with Crippen LogP contribution in [0.15, 0.2) is 32.3 Å². The van der Waals surface area contributed by atoms with Crippen LogP contribution in [0.5, 0.6) is 0 Å². The van der Waals surface area contributed by atoms with Crippen molar-refractivity contribution in [3.05, 3.63) is 39.3 Å². The number of hydrogen-bond acceptors (Lipinski definition) is 3. The zero-order valence-corrected chi connectivity index (χ0v) is 7.93. The smallest absolute Gasteiger partial charge is 0.370 e. The van der Waals surface area contributed by atoms with Crippen molar-refractivity contribution in [2.24, 2.45) is 0 Å². The first-order valence-corrected chi connectivity index (χ1v) is 4.34. The number of nitrogens with zero attached hydrogens (tertiary/aromatic N) is 2. The fourth-order valence-electron chi connectivity index (χ4n) is 1.45. The van der Waals surface area contributed by atoms with E-state index in [9.17, 15) is 9.59 Å². The maximum Gasteiger partial charge on any atom is 0.437 e. The molecule has 2 heterocycles. The van der Waals surface area contributed by atoms with E-state index in [-0.39, 0.29) is 6.04 Å². The summed E-state index contributed by atoms with van der Waals surface area (Å²) in [5.74, 6) is -0.631. The molecule has 2 aromatic heterocycles. The van der Waals surface area contributed by atoms with Gasteiger partial charge in [0.1, 0.15) is 5.52 Å². The van der Waals surface area contributed by atoms with E-state index in [1.807, 2.05) is 13.8 Å². The first-order valence-electron chi connectivity index (χ1n) is 4.34. The lowest BCUT2D eigenvalue weighted by Crippen LogP contribution is -2.31. The van der Waals surface area contributed by atoms with Gasteiger partial charge >= 0.3 is 11.4 Å². The van der Waals surface area contributed by atoms with Crippen LogP contribution >= 0.6 is 0 Å². The molecule has 0 atom stereocenters. The van der Waals surface area contributed by atoms with Crippen molar-refractivity contribution in [2.45, 2.75) is 19.9 Å². The molecule has 74 valence electrons. The third-order valence-corrected chi connectivity index (χ3v) is 2.03. The Morgan fingerprint density at radius 3 is 2.71 bits per heavy atom. The van der Waals surface area contributed by atoms with E-state index in [2.05, 4.69) is 4.42 Å². The summed E-state index contributed by atoms with van der Waals surface area (Å²) in [5.41, 5.74) is -0.227. The molecule has 0 N–H and O–H groups in total. The second-order valence-corrected chi connectivity index (χ2v) is 3.33. The molecular formula is C9H10N2O3. The minimum absolute atomic E-state index is 0.0539. The van der Waals surface area contributed by atoms with Gasteiger partial charge in [0.05, 0.1) is 6.04 Å². The number of aromatic nitrogens is 2. The van der Waals surface area contributed by atoms with Crippen LogP contribution in [0.4, 0.5) is 0 Å². The summed E-state index contributed by atoms with van der Waals surface area (Å²) >= 11 is 0. The lowest BCUT2D eigenvalue weighted by atomic mass is 10.4. The molecule has 14 heavy (non-hydrogen) atoms. The van der Waals surface area contributed by atoms with Gasteiger partial charge in [0.25, 0.3) is 0 Å². The molecule has 0 fully saturated rings. The minimum atomic E-state index is -0.631. The summed E-state index contributed by atoms with van der Waals surface area (Å²) in [6, 6.07) is 3.26. The second kappa shape index (κ2) is 2.87. The van der Waals surface area contributed by atoms with Crippen LogP contribution in [0.3, 0.4) is 0 Å². The van der Waals surface area contributed by atoms with Gasteiger partial charge in [-0.05, 0) is 26.0 Å². The van der Waals surface area contributed by atoms with Crippen LogP contribution < -0.4 is 11.4 Å². The van der Waals surface area contributed by atoms with Gasteiger partial charge in [0, 0.05) is 6.20 Å². The first-order chi connectivity index (χ1) is 6.61. The number of hydrogen-bond donors (Lipinski definition) is 0. The van der Waals surface area contributed by atoms with E-state index in [4.69, 9.17) is 0 Å². The molecule has 0 spiro atoms. The SMILES string of the molecule is CC(C)n1c(=O)oc(=O)c2cccn21. The van der Waals surface area contributed by atoms with Gasteiger partial charge in [-0.3, -0.25) is 0 Å². The Hall–Kier alpha value is -1.78. The molecule has 0 amide bonds. The molecule has 0 saturated heterocycles. The molecular weight excluding hydrogens is 184 g/mol. The van der Waals surface area contributed by atoms with E-state index in [0.29, 0.717) is 5.52 Å². The Morgan fingerprint density at radius 1 is 1.36 bits per heavy atom. The molecule has 0 aliphatic carbocycles. The summed E-state index contributed by atoms with van der Waals surface area (Å²) in [4.78, 5) is 22.6. The molecule has 0 aliphatic heterocycles. The molecule has 0 radical (unpaired) electrons. The Kier molecular flexibility index (Phi) is 1.80. The van der Waals surface area contributed by atoms with Gasteiger partial charge < -0.3 is 4.42 Å². The molecule has 2 aromatic rings. The van der Waals surface area contributed by atoms with E-state index >= 15 is 0 Å². The molecule has 0 saturated carbocycles. The standard InChI is InChI=1S/C9H10N2O3/c1-6(2)11-9(13)14-8(12)7-4-3-5-10(7)11/h3-6H,1-2H3. The van der Waals surface area contributed by atoms with Crippen LogP contribution in [-0.2, 0) is 0 Å². The van der Waals surface area contributed by atoms with Crippen molar-refractivity contribution in [3.63, 3.8) is 0 Å². The fourth-order valence-corrected chi connectivity index (χ4v) is 1.45. The molecule has 5 nitrogen and oxygen atoms in total. The third-order valence-electron chi connectivity index (χ3n) is 2.03. The molecule has 2 rings (SSSR count). The highest BCUT2D eigenvalue weighted by molar-refractivity contribution is 5.42. The van der Waals surface area contributed by atoms with Crippen LogP contribution in [-0.4, -0.2) is 9.20 Å². The lowest BCUT2D eigenvalue weighted by molar-refractivity contribution is 0.339. The average molecular weight is 194 g/mol. The highest BCUT2D eigenvalue weighted by Gasteiger charge is 2.10. The molecule has 0 aliphatic rings. The molecule has 5 heteroatoms. The van der Waals surface area contributed by atoms with E-state index in [0.717, 1.165) is 0 Å².